The van der Waals surface area contributed by atoms with E-state index in [1.54, 1.807) is 18.2 Å². The molecule has 1 aromatic carbocycles. The van der Waals surface area contributed by atoms with Crippen molar-refractivity contribution in [2.45, 2.75) is 43.5 Å². The number of nitrogens with two attached hydrogens (primary N) is 1. The second-order valence-electron chi connectivity index (χ2n) is 7.83. The van der Waals surface area contributed by atoms with Gasteiger partial charge in [0.2, 0.25) is 15.0 Å². The number of hydrogen-bond acceptors (Lipinski definition) is 7. The van der Waals surface area contributed by atoms with Crippen LogP contribution in [0.15, 0.2) is 35.6 Å². The van der Waals surface area contributed by atoms with Crippen molar-refractivity contribution in [3.8, 4) is 0 Å². The summed E-state index contributed by atoms with van der Waals surface area (Å²) in [4.78, 5) is 33.9. The van der Waals surface area contributed by atoms with E-state index >= 15 is 0 Å². The van der Waals surface area contributed by atoms with Gasteiger partial charge in [0, 0.05) is 4.88 Å². The van der Waals surface area contributed by atoms with Crippen molar-refractivity contribution in [3.63, 3.8) is 0 Å². The van der Waals surface area contributed by atoms with E-state index in [4.69, 9.17) is 17.3 Å². The quantitative estimate of drug-likeness (QED) is 0.492. The van der Waals surface area contributed by atoms with Crippen LogP contribution >= 0.6 is 22.9 Å². The number of nitrogens with zero attached hydrogens (tertiary/aromatic N) is 2. The van der Waals surface area contributed by atoms with Gasteiger partial charge in [-0.1, -0.05) is 41.4 Å². The lowest BCUT2D eigenvalue weighted by Crippen LogP contribution is -2.20. The van der Waals surface area contributed by atoms with Gasteiger partial charge in [-0.3, -0.25) is 9.59 Å². The Morgan fingerprint density at radius 2 is 2.00 bits per heavy atom. The first-order valence-electron chi connectivity index (χ1n) is 10.2. The highest BCUT2D eigenvalue weighted by Crippen LogP contribution is 2.38. The molecule has 0 aliphatic heterocycles. The minimum absolute atomic E-state index is 0.107. The number of rotatable bonds is 6. The molecule has 2 amide bonds. The Balaban J connectivity index is 1.64. The highest BCUT2D eigenvalue weighted by Gasteiger charge is 2.27. The van der Waals surface area contributed by atoms with Crippen molar-refractivity contribution in [2.24, 2.45) is 5.73 Å². The predicted octanol–water partition coefficient (Wildman–Crippen LogP) is 3.70. The van der Waals surface area contributed by atoms with Crippen molar-refractivity contribution in [1.82, 2.24) is 9.97 Å². The molecule has 172 valence electrons. The molecule has 33 heavy (non-hydrogen) atoms. The highest BCUT2D eigenvalue weighted by molar-refractivity contribution is 7.90. The third-order valence-corrected chi connectivity index (χ3v) is 8.25. The van der Waals surface area contributed by atoms with E-state index in [-0.39, 0.29) is 16.5 Å². The monoisotopic (exact) mass is 504 g/mol. The summed E-state index contributed by atoms with van der Waals surface area (Å²) in [5.74, 6) is -1.68. The topological polar surface area (TPSA) is 132 Å². The molecular formula is C22H21ClN4O4S2. The summed E-state index contributed by atoms with van der Waals surface area (Å²) in [7, 11) is -3.93. The van der Waals surface area contributed by atoms with E-state index in [0.29, 0.717) is 16.1 Å². The number of primary amides is 1. The van der Waals surface area contributed by atoms with Crippen LogP contribution in [0.3, 0.4) is 0 Å². The van der Waals surface area contributed by atoms with E-state index < -0.39 is 26.8 Å². The molecule has 0 radical (unpaired) electrons. The maximum atomic E-state index is 13.0. The first kappa shape index (κ1) is 23.3. The Morgan fingerprint density at radius 1 is 1.24 bits per heavy atom. The van der Waals surface area contributed by atoms with Gasteiger partial charge in [0.1, 0.15) is 5.00 Å². The highest BCUT2D eigenvalue weighted by atomic mass is 35.5. The number of amides is 2. The second kappa shape index (κ2) is 9.20. The number of anilines is 1. The van der Waals surface area contributed by atoms with Crippen LogP contribution in [0.1, 0.15) is 55.3 Å². The number of halogens is 1. The molecule has 0 atom stereocenters. The summed E-state index contributed by atoms with van der Waals surface area (Å²) >= 11 is 7.42. The lowest BCUT2D eigenvalue weighted by molar-refractivity contribution is 0.100. The Bertz CT molecular complexity index is 1370. The summed E-state index contributed by atoms with van der Waals surface area (Å²) in [6.07, 6.45) is 4.55. The molecule has 0 unspecified atom stereocenters. The summed E-state index contributed by atoms with van der Waals surface area (Å²) < 4.78 is 25.7. The van der Waals surface area contributed by atoms with Crippen LogP contribution in [-0.4, -0.2) is 30.2 Å². The molecule has 4 rings (SSSR count). The Hall–Kier alpha value is -2.82. The Kier molecular flexibility index (Phi) is 6.51. The number of carbonyl (C=O) groups is 2. The number of carbonyl (C=O) groups excluding carboxylic acids is 2. The molecule has 1 aliphatic carbocycles. The molecule has 11 heteroatoms. The molecule has 0 saturated heterocycles. The van der Waals surface area contributed by atoms with E-state index in [2.05, 4.69) is 15.3 Å². The van der Waals surface area contributed by atoms with E-state index in [0.717, 1.165) is 47.9 Å². The Morgan fingerprint density at radius 3 is 2.73 bits per heavy atom. The minimum Gasteiger partial charge on any atom is -0.365 e. The number of aryl methyl sites for hydroxylation is 2. The van der Waals surface area contributed by atoms with Crippen LogP contribution in [0, 0.1) is 6.92 Å². The standard InChI is InChI=1S/C22H21ClN4O4S2/c1-12-5-4-6-13(9-12)11-33(30,31)22-25-10-15(23)18(26-22)20(29)27-21-17(19(24)28)14-7-2-3-8-16(14)32-21/h4-6,9-10H,2-3,7-8,11H2,1H3,(H2,24,28)(H,27,29). The van der Waals surface area contributed by atoms with Crippen LogP contribution in [-0.2, 0) is 28.4 Å². The largest absolute Gasteiger partial charge is 0.365 e. The van der Waals surface area contributed by atoms with Gasteiger partial charge >= 0.3 is 0 Å². The fraction of sp³-hybridized carbons (Fsp3) is 0.273. The van der Waals surface area contributed by atoms with Crippen LogP contribution in [0.2, 0.25) is 5.02 Å². The van der Waals surface area contributed by atoms with Gasteiger partial charge in [-0.2, -0.15) is 0 Å². The van der Waals surface area contributed by atoms with Gasteiger partial charge in [-0.05, 0) is 43.7 Å². The van der Waals surface area contributed by atoms with Crippen LogP contribution in [0.25, 0.3) is 0 Å². The van der Waals surface area contributed by atoms with Gasteiger partial charge in [-0.25, -0.2) is 18.4 Å². The molecule has 2 aromatic heterocycles. The molecular weight excluding hydrogens is 484 g/mol. The summed E-state index contributed by atoms with van der Waals surface area (Å²) in [6, 6.07) is 7.07. The van der Waals surface area contributed by atoms with Gasteiger partial charge in [-0.15, -0.1) is 11.3 Å². The number of hydrogen-bond donors (Lipinski definition) is 2. The number of thiophene rings is 1. The third-order valence-electron chi connectivity index (χ3n) is 5.30. The van der Waals surface area contributed by atoms with Crippen molar-refractivity contribution < 1.29 is 18.0 Å². The number of benzene rings is 1. The first-order chi connectivity index (χ1) is 15.7. The zero-order chi connectivity index (χ0) is 23.8. The van der Waals surface area contributed by atoms with Gasteiger partial charge < -0.3 is 11.1 Å². The van der Waals surface area contributed by atoms with E-state index in [1.165, 1.54) is 11.3 Å². The molecule has 2 heterocycles. The zero-order valence-corrected chi connectivity index (χ0v) is 20.1. The molecule has 3 aromatic rings. The van der Waals surface area contributed by atoms with Crippen molar-refractivity contribution >= 4 is 49.6 Å². The summed E-state index contributed by atoms with van der Waals surface area (Å²) in [5.41, 5.74) is 7.94. The zero-order valence-electron chi connectivity index (χ0n) is 17.7. The fourth-order valence-corrected chi connectivity index (χ4v) is 6.48. The second-order valence-corrected chi connectivity index (χ2v) is 11.2. The number of fused-ring (bicyclic) bond motifs is 1. The molecule has 8 nitrogen and oxygen atoms in total. The van der Waals surface area contributed by atoms with Crippen molar-refractivity contribution in [3.05, 3.63) is 68.3 Å². The maximum absolute atomic E-state index is 13.0. The molecule has 0 saturated carbocycles. The third kappa shape index (κ3) is 4.92. The van der Waals surface area contributed by atoms with Gasteiger partial charge in [0.15, 0.2) is 5.69 Å². The average Bonchev–Trinajstić information content (AvgIpc) is 3.11. The smallest absolute Gasteiger partial charge is 0.276 e. The van der Waals surface area contributed by atoms with Crippen LogP contribution in [0.4, 0.5) is 5.00 Å². The number of nitrogens with one attached hydrogen (secondary N) is 1. The molecule has 0 spiro atoms. The van der Waals surface area contributed by atoms with E-state index in [1.807, 2.05) is 13.0 Å². The van der Waals surface area contributed by atoms with Crippen LogP contribution < -0.4 is 11.1 Å². The van der Waals surface area contributed by atoms with Crippen molar-refractivity contribution in [1.29, 1.82) is 0 Å². The minimum atomic E-state index is -3.93. The predicted molar refractivity (Wildman–Crippen MR) is 127 cm³/mol. The molecule has 0 fully saturated rings. The van der Waals surface area contributed by atoms with Crippen molar-refractivity contribution in [2.75, 3.05) is 5.32 Å². The molecule has 1 aliphatic rings. The maximum Gasteiger partial charge on any atom is 0.276 e. The summed E-state index contributed by atoms with van der Waals surface area (Å²) in [6.45, 7) is 1.86. The molecule has 0 bridgehead atoms. The van der Waals surface area contributed by atoms with Gasteiger partial charge in [0.25, 0.3) is 11.8 Å². The fourth-order valence-electron chi connectivity index (χ4n) is 3.82. The van der Waals surface area contributed by atoms with E-state index in [9.17, 15) is 18.0 Å². The lowest BCUT2D eigenvalue weighted by Gasteiger charge is -2.11. The lowest BCUT2D eigenvalue weighted by atomic mass is 9.95. The van der Waals surface area contributed by atoms with Gasteiger partial charge in [0.05, 0.1) is 22.5 Å². The Labute approximate surface area is 200 Å². The number of aromatic nitrogens is 2. The van der Waals surface area contributed by atoms with Crippen LogP contribution in [0.5, 0.6) is 0 Å². The first-order valence-corrected chi connectivity index (χ1v) is 13.1. The SMILES string of the molecule is Cc1cccc(CS(=O)(=O)c2ncc(Cl)c(C(=O)Nc3sc4c(c3C(N)=O)CCCC4)n2)c1. The average molecular weight is 505 g/mol. The summed E-state index contributed by atoms with van der Waals surface area (Å²) in [5, 5.41) is 2.36. The normalized spacial score (nSPS) is 13.4. The number of sulfone groups is 1. The molecule has 3 N–H and O–H groups in total.